The second-order valence-corrected chi connectivity index (χ2v) is 5.05. The van der Waals surface area contributed by atoms with E-state index in [0.717, 1.165) is 15.6 Å². The van der Waals surface area contributed by atoms with Crippen molar-refractivity contribution in [3.63, 3.8) is 0 Å². The molecule has 84 valence electrons. The molecule has 4 heteroatoms. The van der Waals surface area contributed by atoms with E-state index in [1.165, 1.54) is 18.7 Å². The van der Waals surface area contributed by atoms with Gasteiger partial charge in [-0.25, -0.2) is 0 Å². The van der Waals surface area contributed by atoms with Gasteiger partial charge in [0.15, 0.2) is 5.12 Å². The Bertz CT molecular complexity index is 446. The predicted octanol–water partition coefficient (Wildman–Crippen LogP) is 2.57. The monoisotopic (exact) mass is 298 g/mol. The molecule has 1 aromatic rings. The predicted molar refractivity (Wildman–Crippen MR) is 70.1 cm³/mol. The van der Waals surface area contributed by atoms with Crippen molar-refractivity contribution >= 4 is 32.8 Å². The summed E-state index contributed by atoms with van der Waals surface area (Å²) in [6.07, 6.45) is 0. The largest absolute Gasteiger partial charge is 0.392 e. The van der Waals surface area contributed by atoms with Crippen LogP contribution in [0.15, 0.2) is 22.7 Å². The van der Waals surface area contributed by atoms with Gasteiger partial charge in [0.05, 0.1) is 12.4 Å². The van der Waals surface area contributed by atoms with E-state index < -0.39 is 0 Å². The van der Waals surface area contributed by atoms with Gasteiger partial charge >= 0.3 is 0 Å². The van der Waals surface area contributed by atoms with Gasteiger partial charge in [-0.15, -0.1) is 0 Å². The zero-order chi connectivity index (χ0) is 12.0. The first-order chi connectivity index (χ1) is 7.63. The fourth-order valence-corrected chi connectivity index (χ4v) is 1.77. The molecule has 0 amide bonds. The maximum absolute atomic E-state index is 10.7. The molecule has 1 aromatic carbocycles. The lowest BCUT2D eigenvalue weighted by Crippen LogP contribution is -1.87. The normalized spacial score (nSPS) is 9.44. The Morgan fingerprint density at radius 3 is 2.94 bits per heavy atom. The van der Waals surface area contributed by atoms with Crippen molar-refractivity contribution in [1.29, 1.82) is 0 Å². The number of benzene rings is 1. The van der Waals surface area contributed by atoms with Crippen LogP contribution in [0.3, 0.4) is 0 Å². The van der Waals surface area contributed by atoms with Crippen molar-refractivity contribution in [3.05, 3.63) is 33.8 Å². The molecule has 2 nitrogen and oxygen atoms in total. The first kappa shape index (κ1) is 13.3. The Balaban J connectivity index is 2.70. The number of halogens is 1. The number of hydrogen-bond donors (Lipinski definition) is 1. The van der Waals surface area contributed by atoms with E-state index >= 15 is 0 Å². The highest BCUT2D eigenvalue weighted by Gasteiger charge is 1.98. The highest BCUT2D eigenvalue weighted by atomic mass is 79.9. The third-order valence-corrected chi connectivity index (χ3v) is 3.27. The molecule has 0 heterocycles. The van der Waals surface area contributed by atoms with Crippen molar-refractivity contribution in [1.82, 2.24) is 0 Å². The van der Waals surface area contributed by atoms with E-state index in [0.29, 0.717) is 5.75 Å². The van der Waals surface area contributed by atoms with E-state index in [2.05, 4.69) is 27.8 Å². The van der Waals surface area contributed by atoms with Crippen LogP contribution in [0.2, 0.25) is 0 Å². The topological polar surface area (TPSA) is 37.3 Å². The summed E-state index contributed by atoms with van der Waals surface area (Å²) in [7, 11) is 0. The minimum Gasteiger partial charge on any atom is -0.392 e. The van der Waals surface area contributed by atoms with Gasteiger partial charge in [0.1, 0.15) is 0 Å². The number of carbonyl (C=O) groups is 1. The first-order valence-corrected chi connectivity index (χ1v) is 6.43. The summed E-state index contributed by atoms with van der Waals surface area (Å²) >= 11 is 4.53. The van der Waals surface area contributed by atoms with E-state index in [-0.39, 0.29) is 11.7 Å². The Morgan fingerprint density at radius 1 is 1.56 bits per heavy atom. The molecule has 0 saturated heterocycles. The quantitative estimate of drug-likeness (QED) is 0.853. The minimum atomic E-state index is -0.0156. The molecule has 0 aliphatic carbocycles. The van der Waals surface area contributed by atoms with Crippen LogP contribution in [0, 0.1) is 11.8 Å². The lowest BCUT2D eigenvalue weighted by molar-refractivity contribution is -0.109. The molecule has 0 aromatic heterocycles. The lowest BCUT2D eigenvalue weighted by atomic mass is 10.1. The Labute approximate surface area is 108 Å². The van der Waals surface area contributed by atoms with Crippen molar-refractivity contribution < 1.29 is 9.90 Å². The summed E-state index contributed by atoms with van der Waals surface area (Å²) in [5.41, 5.74) is 1.66. The molecule has 0 bridgehead atoms. The number of aliphatic hydroxyl groups excluding tert-OH is 1. The molecular formula is C12H11BrO2S. The second-order valence-electron chi connectivity index (χ2n) is 3.05. The zero-order valence-corrected chi connectivity index (χ0v) is 11.2. The van der Waals surface area contributed by atoms with Gasteiger partial charge in [-0.1, -0.05) is 39.5 Å². The molecule has 0 aliphatic rings. The molecule has 0 aliphatic heterocycles. The second kappa shape index (κ2) is 6.74. The van der Waals surface area contributed by atoms with Crippen LogP contribution in [-0.2, 0) is 11.4 Å². The number of aliphatic hydroxyl groups is 1. The summed E-state index contributed by atoms with van der Waals surface area (Å²) in [6.45, 7) is 1.51. The number of hydrogen-bond acceptors (Lipinski definition) is 3. The summed E-state index contributed by atoms with van der Waals surface area (Å²) in [6, 6.07) is 5.55. The molecule has 0 fully saturated rings. The van der Waals surface area contributed by atoms with Gasteiger partial charge < -0.3 is 5.11 Å². The molecule has 0 unspecified atom stereocenters. The van der Waals surface area contributed by atoms with Crippen LogP contribution in [0.1, 0.15) is 18.1 Å². The first-order valence-electron chi connectivity index (χ1n) is 4.65. The maximum Gasteiger partial charge on any atom is 0.186 e. The lowest BCUT2D eigenvalue weighted by Gasteiger charge is -2.00. The zero-order valence-electron chi connectivity index (χ0n) is 8.79. The molecular weight excluding hydrogens is 288 g/mol. The van der Waals surface area contributed by atoms with Gasteiger partial charge in [0, 0.05) is 17.0 Å². The minimum absolute atomic E-state index is 0.0156. The molecule has 0 saturated carbocycles. The molecule has 0 atom stereocenters. The van der Waals surface area contributed by atoms with Crippen LogP contribution in [0.5, 0.6) is 0 Å². The standard InChI is InChI=1S/C12H11BrO2S/c1-9(15)16-6-2-3-10-4-5-12(13)11(7-10)8-14/h4-5,7,14H,6,8H2,1H3. The molecule has 0 spiro atoms. The maximum atomic E-state index is 10.7. The van der Waals surface area contributed by atoms with Gasteiger partial charge in [0.25, 0.3) is 0 Å². The number of carbonyl (C=O) groups excluding carboxylic acids is 1. The van der Waals surface area contributed by atoms with Crippen molar-refractivity contribution in [2.45, 2.75) is 13.5 Å². The van der Waals surface area contributed by atoms with E-state index in [1.807, 2.05) is 18.2 Å². The average Bonchev–Trinajstić information content (AvgIpc) is 2.26. The Morgan fingerprint density at radius 2 is 2.31 bits per heavy atom. The average molecular weight is 299 g/mol. The van der Waals surface area contributed by atoms with E-state index in [4.69, 9.17) is 5.11 Å². The smallest absolute Gasteiger partial charge is 0.186 e. The molecule has 0 radical (unpaired) electrons. The van der Waals surface area contributed by atoms with Crippen LogP contribution in [0.25, 0.3) is 0 Å². The Kier molecular flexibility index (Phi) is 5.61. The van der Waals surface area contributed by atoms with Crippen molar-refractivity contribution in [3.8, 4) is 11.8 Å². The van der Waals surface area contributed by atoms with Crippen molar-refractivity contribution in [2.75, 3.05) is 5.75 Å². The summed E-state index contributed by atoms with van der Waals surface area (Å²) in [5.74, 6) is 6.35. The fourth-order valence-electron chi connectivity index (χ4n) is 1.05. The van der Waals surface area contributed by atoms with Gasteiger partial charge in [0.2, 0.25) is 0 Å². The fraction of sp³-hybridized carbons (Fsp3) is 0.250. The van der Waals surface area contributed by atoms with Gasteiger partial charge in [-0.2, -0.15) is 0 Å². The van der Waals surface area contributed by atoms with E-state index in [9.17, 15) is 4.79 Å². The molecule has 1 N–H and O–H groups in total. The Hall–Kier alpha value is -0.760. The SMILES string of the molecule is CC(=O)SCC#Cc1ccc(Br)c(CO)c1. The number of rotatable bonds is 2. The third-order valence-electron chi connectivity index (χ3n) is 1.80. The van der Waals surface area contributed by atoms with Gasteiger partial charge in [-0.05, 0) is 23.8 Å². The highest BCUT2D eigenvalue weighted by molar-refractivity contribution is 9.10. The summed E-state index contributed by atoms with van der Waals surface area (Å²) in [5, 5.41) is 9.13. The molecule has 1 rings (SSSR count). The summed E-state index contributed by atoms with van der Waals surface area (Å²) in [4.78, 5) is 10.7. The van der Waals surface area contributed by atoms with E-state index in [1.54, 1.807) is 0 Å². The highest BCUT2D eigenvalue weighted by Crippen LogP contribution is 2.17. The van der Waals surface area contributed by atoms with Gasteiger partial charge in [-0.3, -0.25) is 4.79 Å². The number of thioether (sulfide) groups is 1. The molecule has 16 heavy (non-hydrogen) atoms. The summed E-state index contributed by atoms with van der Waals surface area (Å²) < 4.78 is 0.874. The van der Waals surface area contributed by atoms with Crippen LogP contribution >= 0.6 is 27.7 Å². The van der Waals surface area contributed by atoms with Crippen LogP contribution in [-0.4, -0.2) is 16.0 Å². The third kappa shape index (κ3) is 4.40. The van der Waals surface area contributed by atoms with Crippen LogP contribution < -0.4 is 0 Å². The van der Waals surface area contributed by atoms with Crippen LogP contribution in [0.4, 0.5) is 0 Å². The van der Waals surface area contributed by atoms with Crippen molar-refractivity contribution in [2.24, 2.45) is 0 Å².